The van der Waals surface area contributed by atoms with Crippen molar-refractivity contribution in [3.05, 3.63) is 51.2 Å². The Balaban J connectivity index is 2.36. The molecule has 0 radical (unpaired) electrons. The van der Waals surface area contributed by atoms with E-state index in [0.29, 0.717) is 22.5 Å². The number of aromatic nitrogens is 1. The summed E-state index contributed by atoms with van der Waals surface area (Å²) in [7, 11) is 0. The summed E-state index contributed by atoms with van der Waals surface area (Å²) in [5.41, 5.74) is 0.915. The van der Waals surface area contributed by atoms with Crippen LogP contribution in [0.1, 0.15) is 35.7 Å². The zero-order chi connectivity index (χ0) is 16.8. The molecule has 0 bridgehead atoms. The highest BCUT2D eigenvalue weighted by Crippen LogP contribution is 2.34. The van der Waals surface area contributed by atoms with Crippen LogP contribution in [0.2, 0.25) is 5.15 Å². The SMILES string of the molecule is CCCCOc1c(Cl)nc(Br)c(C)c1C(=O)Oc1ccccc1. The van der Waals surface area contributed by atoms with E-state index in [1.165, 1.54) is 0 Å². The van der Waals surface area contributed by atoms with Crippen molar-refractivity contribution < 1.29 is 14.3 Å². The first kappa shape index (κ1) is 17.8. The van der Waals surface area contributed by atoms with Gasteiger partial charge in [0.05, 0.1) is 6.61 Å². The van der Waals surface area contributed by atoms with Gasteiger partial charge in [-0.25, -0.2) is 9.78 Å². The van der Waals surface area contributed by atoms with Gasteiger partial charge in [0.2, 0.25) is 0 Å². The van der Waals surface area contributed by atoms with Gasteiger partial charge < -0.3 is 9.47 Å². The van der Waals surface area contributed by atoms with Gasteiger partial charge in [-0.3, -0.25) is 0 Å². The molecule has 0 atom stereocenters. The summed E-state index contributed by atoms with van der Waals surface area (Å²) in [6.07, 6.45) is 1.84. The topological polar surface area (TPSA) is 48.4 Å². The summed E-state index contributed by atoms with van der Waals surface area (Å²) in [6.45, 7) is 4.28. The molecule has 0 saturated carbocycles. The van der Waals surface area contributed by atoms with E-state index in [1.807, 2.05) is 6.07 Å². The minimum atomic E-state index is -0.523. The van der Waals surface area contributed by atoms with Gasteiger partial charge >= 0.3 is 5.97 Å². The number of pyridine rings is 1. The van der Waals surface area contributed by atoms with Crippen LogP contribution in [-0.4, -0.2) is 17.6 Å². The van der Waals surface area contributed by atoms with Gasteiger partial charge in [0, 0.05) is 5.56 Å². The number of rotatable bonds is 6. The number of carbonyl (C=O) groups is 1. The highest BCUT2D eigenvalue weighted by Gasteiger charge is 2.24. The van der Waals surface area contributed by atoms with Crippen LogP contribution in [0.5, 0.6) is 11.5 Å². The molecular formula is C17H17BrClNO3. The van der Waals surface area contributed by atoms with E-state index in [9.17, 15) is 4.79 Å². The van der Waals surface area contributed by atoms with Crippen LogP contribution < -0.4 is 9.47 Å². The third-order valence-corrected chi connectivity index (χ3v) is 4.23. The third kappa shape index (κ3) is 4.45. The van der Waals surface area contributed by atoms with E-state index in [-0.39, 0.29) is 16.5 Å². The van der Waals surface area contributed by atoms with Gasteiger partial charge in [0.25, 0.3) is 0 Å². The fraction of sp³-hybridized carbons (Fsp3) is 0.294. The van der Waals surface area contributed by atoms with Gasteiger partial charge in [-0.15, -0.1) is 0 Å². The average molecular weight is 399 g/mol. The first-order chi connectivity index (χ1) is 11.0. The molecular weight excluding hydrogens is 382 g/mol. The number of hydrogen-bond acceptors (Lipinski definition) is 4. The van der Waals surface area contributed by atoms with Crippen LogP contribution in [0.4, 0.5) is 0 Å². The molecule has 0 amide bonds. The van der Waals surface area contributed by atoms with E-state index in [1.54, 1.807) is 31.2 Å². The average Bonchev–Trinajstić information content (AvgIpc) is 2.53. The van der Waals surface area contributed by atoms with Crippen LogP contribution in [0.3, 0.4) is 0 Å². The van der Waals surface area contributed by atoms with Crippen LogP contribution in [0.15, 0.2) is 34.9 Å². The fourth-order valence-electron chi connectivity index (χ4n) is 1.94. The van der Waals surface area contributed by atoms with Gasteiger partial charge in [-0.05, 0) is 41.4 Å². The Morgan fingerprint density at radius 1 is 1.30 bits per heavy atom. The van der Waals surface area contributed by atoms with Crippen molar-refractivity contribution in [1.29, 1.82) is 0 Å². The summed E-state index contributed by atoms with van der Waals surface area (Å²) in [6, 6.07) is 8.86. The number of unbranched alkanes of at least 4 members (excludes halogenated alkanes) is 1. The zero-order valence-electron chi connectivity index (χ0n) is 12.9. The van der Waals surface area contributed by atoms with Crippen molar-refractivity contribution in [1.82, 2.24) is 4.98 Å². The third-order valence-electron chi connectivity index (χ3n) is 3.20. The van der Waals surface area contributed by atoms with Crippen molar-refractivity contribution in [3.8, 4) is 11.5 Å². The number of nitrogens with zero attached hydrogens (tertiary/aromatic N) is 1. The normalized spacial score (nSPS) is 10.4. The number of para-hydroxylation sites is 1. The Bertz CT molecular complexity index is 692. The Morgan fingerprint density at radius 3 is 2.65 bits per heavy atom. The summed E-state index contributed by atoms with van der Waals surface area (Å²) in [4.78, 5) is 16.7. The molecule has 0 spiro atoms. The maximum atomic E-state index is 12.6. The minimum absolute atomic E-state index is 0.138. The molecule has 122 valence electrons. The molecule has 0 unspecified atom stereocenters. The number of carbonyl (C=O) groups excluding carboxylic acids is 1. The molecule has 2 rings (SSSR count). The lowest BCUT2D eigenvalue weighted by Gasteiger charge is -2.15. The lowest BCUT2D eigenvalue weighted by atomic mass is 10.1. The zero-order valence-corrected chi connectivity index (χ0v) is 15.3. The standard InChI is InChI=1S/C17H17BrClNO3/c1-3-4-10-22-14-13(11(2)15(18)20-16(14)19)17(21)23-12-8-6-5-7-9-12/h5-9H,3-4,10H2,1-2H3. The lowest BCUT2D eigenvalue weighted by Crippen LogP contribution is -2.14. The predicted octanol–water partition coefficient (Wildman–Crippen LogP) is 5.20. The Morgan fingerprint density at radius 2 is 2.00 bits per heavy atom. The second-order valence-electron chi connectivity index (χ2n) is 4.93. The first-order valence-electron chi connectivity index (χ1n) is 7.30. The Hall–Kier alpha value is -1.59. The molecule has 0 N–H and O–H groups in total. The highest BCUT2D eigenvalue weighted by molar-refractivity contribution is 9.10. The van der Waals surface area contributed by atoms with Crippen LogP contribution >= 0.6 is 27.5 Å². The van der Waals surface area contributed by atoms with E-state index in [2.05, 4.69) is 27.8 Å². The molecule has 0 saturated heterocycles. The summed E-state index contributed by atoms with van der Waals surface area (Å²) in [5, 5.41) is 0.138. The van der Waals surface area contributed by atoms with E-state index in [0.717, 1.165) is 12.8 Å². The summed E-state index contributed by atoms with van der Waals surface area (Å²) >= 11 is 9.47. The molecule has 0 aliphatic rings. The van der Waals surface area contributed by atoms with Crippen molar-refractivity contribution >= 4 is 33.5 Å². The van der Waals surface area contributed by atoms with Crippen LogP contribution in [-0.2, 0) is 0 Å². The fourth-order valence-corrected chi connectivity index (χ4v) is 2.65. The number of benzene rings is 1. The second kappa shape index (κ2) is 8.31. The van der Waals surface area contributed by atoms with Crippen molar-refractivity contribution in [2.45, 2.75) is 26.7 Å². The molecule has 1 aromatic heterocycles. The van der Waals surface area contributed by atoms with Crippen LogP contribution in [0, 0.1) is 6.92 Å². The first-order valence-corrected chi connectivity index (χ1v) is 8.47. The Labute approximate surface area is 148 Å². The van der Waals surface area contributed by atoms with E-state index >= 15 is 0 Å². The van der Waals surface area contributed by atoms with Gasteiger partial charge in [-0.1, -0.05) is 43.1 Å². The van der Waals surface area contributed by atoms with Crippen LogP contribution in [0.25, 0.3) is 0 Å². The minimum Gasteiger partial charge on any atom is -0.489 e. The molecule has 0 aliphatic heterocycles. The smallest absolute Gasteiger partial charge is 0.347 e. The summed E-state index contributed by atoms with van der Waals surface area (Å²) < 4.78 is 11.6. The highest BCUT2D eigenvalue weighted by atomic mass is 79.9. The van der Waals surface area contributed by atoms with E-state index in [4.69, 9.17) is 21.1 Å². The van der Waals surface area contributed by atoms with Crippen molar-refractivity contribution in [2.75, 3.05) is 6.61 Å². The maximum Gasteiger partial charge on any atom is 0.347 e. The summed E-state index contributed by atoms with van der Waals surface area (Å²) in [5.74, 6) is 0.201. The van der Waals surface area contributed by atoms with Crippen molar-refractivity contribution in [3.63, 3.8) is 0 Å². The molecule has 1 aromatic carbocycles. The quantitative estimate of drug-likeness (QED) is 0.290. The monoisotopic (exact) mass is 397 g/mol. The predicted molar refractivity (Wildman–Crippen MR) is 93.5 cm³/mol. The van der Waals surface area contributed by atoms with Gasteiger partial charge in [-0.2, -0.15) is 0 Å². The molecule has 0 aliphatic carbocycles. The number of halogens is 2. The molecule has 6 heteroatoms. The number of hydrogen-bond donors (Lipinski definition) is 0. The Kier molecular flexibility index (Phi) is 6.42. The van der Waals surface area contributed by atoms with Crippen molar-refractivity contribution in [2.24, 2.45) is 0 Å². The van der Waals surface area contributed by atoms with Gasteiger partial charge in [0.1, 0.15) is 15.9 Å². The van der Waals surface area contributed by atoms with E-state index < -0.39 is 5.97 Å². The molecule has 1 heterocycles. The number of esters is 1. The van der Waals surface area contributed by atoms with Gasteiger partial charge in [0.15, 0.2) is 10.9 Å². The largest absolute Gasteiger partial charge is 0.489 e. The second-order valence-corrected chi connectivity index (χ2v) is 6.04. The molecule has 23 heavy (non-hydrogen) atoms. The molecule has 2 aromatic rings. The molecule has 4 nitrogen and oxygen atoms in total. The maximum absolute atomic E-state index is 12.6. The molecule has 0 fully saturated rings. The lowest BCUT2D eigenvalue weighted by molar-refractivity contribution is 0.0729. The number of ether oxygens (including phenoxy) is 2.